The number of hydrogen-bond acceptors (Lipinski definition) is 6. The molecule has 1 aromatic rings. The van der Waals surface area contributed by atoms with Crippen molar-refractivity contribution >= 4 is 10.1 Å². The van der Waals surface area contributed by atoms with Crippen molar-refractivity contribution in [3.8, 4) is 0 Å². The summed E-state index contributed by atoms with van der Waals surface area (Å²) in [7, 11) is -3.52. The van der Waals surface area contributed by atoms with Crippen molar-refractivity contribution in [3.63, 3.8) is 0 Å². The van der Waals surface area contributed by atoms with Gasteiger partial charge in [0.25, 0.3) is 10.1 Å². The third kappa shape index (κ3) is 3.09. The fourth-order valence-corrected chi connectivity index (χ4v) is 5.81. The van der Waals surface area contributed by atoms with Crippen LogP contribution in [0.15, 0.2) is 24.4 Å². The Morgan fingerprint density at radius 3 is 2.46 bits per heavy atom. The molecule has 1 aromatic heterocycles. The molecule has 1 atom stereocenters. The van der Waals surface area contributed by atoms with Gasteiger partial charge < -0.3 is 9.47 Å². The van der Waals surface area contributed by atoms with Gasteiger partial charge in [-0.2, -0.15) is 8.42 Å². The van der Waals surface area contributed by atoms with Crippen LogP contribution in [0.25, 0.3) is 0 Å². The minimum Gasteiger partial charge on any atom is -0.347 e. The second-order valence-corrected chi connectivity index (χ2v) is 9.72. The van der Waals surface area contributed by atoms with Crippen molar-refractivity contribution < 1.29 is 22.1 Å². The fourth-order valence-electron chi connectivity index (χ4n) is 5.37. The van der Waals surface area contributed by atoms with E-state index in [1.165, 1.54) is 0 Å². The van der Waals surface area contributed by atoms with Gasteiger partial charge in [-0.3, -0.25) is 9.17 Å². The molecule has 3 fully saturated rings. The minimum atomic E-state index is -3.52. The summed E-state index contributed by atoms with van der Waals surface area (Å²) in [5, 5.41) is 0. The molecule has 4 rings (SSSR count). The van der Waals surface area contributed by atoms with Crippen LogP contribution in [0.4, 0.5) is 0 Å². The molecule has 3 aliphatic rings. The zero-order chi connectivity index (χ0) is 18.3. The minimum absolute atomic E-state index is 0.0971. The van der Waals surface area contributed by atoms with Crippen LogP contribution in [0.5, 0.6) is 0 Å². The first-order valence-electron chi connectivity index (χ1n) is 9.43. The molecular formula is C19H27NO5S. The summed E-state index contributed by atoms with van der Waals surface area (Å²) >= 11 is 0. The van der Waals surface area contributed by atoms with Crippen LogP contribution in [0.2, 0.25) is 0 Å². The van der Waals surface area contributed by atoms with Gasteiger partial charge in [0.2, 0.25) is 0 Å². The molecule has 0 amide bonds. The fraction of sp³-hybridized carbons (Fsp3) is 0.737. The summed E-state index contributed by atoms with van der Waals surface area (Å²) in [5.74, 6) is -0.521. The highest BCUT2D eigenvalue weighted by atomic mass is 32.2. The molecule has 2 saturated carbocycles. The largest absolute Gasteiger partial charge is 0.347 e. The SMILES string of the molecule is CS(=O)(=O)OCC1(c2ccccn2)CCC2(OCCO2)C2(CCCC2)C1. The van der Waals surface area contributed by atoms with E-state index in [9.17, 15) is 8.42 Å². The van der Waals surface area contributed by atoms with Crippen molar-refractivity contribution in [2.24, 2.45) is 5.41 Å². The average Bonchev–Trinajstić information content (AvgIpc) is 3.28. The van der Waals surface area contributed by atoms with E-state index in [2.05, 4.69) is 4.98 Å². The number of aromatic nitrogens is 1. The van der Waals surface area contributed by atoms with Gasteiger partial charge >= 0.3 is 0 Å². The van der Waals surface area contributed by atoms with Crippen LogP contribution in [0.3, 0.4) is 0 Å². The Morgan fingerprint density at radius 1 is 1.12 bits per heavy atom. The van der Waals surface area contributed by atoms with Crippen LogP contribution >= 0.6 is 0 Å². The number of nitrogens with zero attached hydrogens (tertiary/aromatic N) is 1. The van der Waals surface area contributed by atoms with Crippen molar-refractivity contribution in [1.29, 1.82) is 0 Å². The van der Waals surface area contributed by atoms with Gasteiger partial charge in [0, 0.05) is 29.1 Å². The van der Waals surface area contributed by atoms with E-state index >= 15 is 0 Å². The van der Waals surface area contributed by atoms with E-state index in [0.29, 0.717) is 13.2 Å². The van der Waals surface area contributed by atoms with E-state index in [1.54, 1.807) is 6.20 Å². The van der Waals surface area contributed by atoms with Gasteiger partial charge in [0.15, 0.2) is 5.79 Å². The number of rotatable bonds is 4. The molecule has 144 valence electrons. The summed E-state index contributed by atoms with van der Waals surface area (Å²) in [4.78, 5) is 4.59. The molecule has 2 aliphatic carbocycles. The van der Waals surface area contributed by atoms with Crippen LogP contribution in [-0.4, -0.2) is 45.3 Å². The monoisotopic (exact) mass is 381 g/mol. The Morgan fingerprint density at radius 2 is 1.85 bits per heavy atom. The maximum Gasteiger partial charge on any atom is 0.264 e. The lowest BCUT2D eigenvalue weighted by atomic mass is 9.57. The molecule has 7 heteroatoms. The summed E-state index contributed by atoms with van der Waals surface area (Å²) in [6.07, 6.45) is 9.54. The molecule has 0 N–H and O–H groups in total. The van der Waals surface area contributed by atoms with E-state index in [1.807, 2.05) is 18.2 Å². The Labute approximate surface area is 155 Å². The highest BCUT2D eigenvalue weighted by Crippen LogP contribution is 2.62. The highest BCUT2D eigenvalue weighted by Gasteiger charge is 2.63. The quantitative estimate of drug-likeness (QED) is 0.747. The Bertz CT molecular complexity index is 738. The highest BCUT2D eigenvalue weighted by molar-refractivity contribution is 7.85. The molecule has 6 nitrogen and oxygen atoms in total. The standard InChI is InChI=1S/C19H27NO5S/c1-26(21,22)25-15-17(16-6-2-5-11-20-16)9-10-19(23-12-13-24-19)18(14-17)7-3-4-8-18/h2,5-6,11H,3-4,7-10,12-15H2,1H3. The predicted molar refractivity (Wildman–Crippen MR) is 96.1 cm³/mol. The van der Waals surface area contributed by atoms with E-state index in [0.717, 1.165) is 56.9 Å². The number of pyridine rings is 1. The van der Waals surface area contributed by atoms with Gasteiger partial charge in [-0.05, 0) is 37.8 Å². The van der Waals surface area contributed by atoms with Gasteiger partial charge in [-0.25, -0.2) is 0 Å². The molecule has 1 saturated heterocycles. The normalized spacial score (nSPS) is 30.2. The van der Waals surface area contributed by atoms with E-state index in [-0.39, 0.29) is 12.0 Å². The zero-order valence-electron chi connectivity index (χ0n) is 15.3. The maximum absolute atomic E-state index is 11.7. The third-order valence-electron chi connectivity index (χ3n) is 6.49. The van der Waals surface area contributed by atoms with Crippen molar-refractivity contribution in [2.45, 2.75) is 56.1 Å². The van der Waals surface area contributed by atoms with Crippen molar-refractivity contribution in [2.75, 3.05) is 26.1 Å². The van der Waals surface area contributed by atoms with Crippen LogP contribution in [0.1, 0.15) is 50.6 Å². The van der Waals surface area contributed by atoms with Crippen LogP contribution in [0, 0.1) is 5.41 Å². The second kappa shape index (κ2) is 6.55. The van der Waals surface area contributed by atoms with Crippen molar-refractivity contribution in [1.82, 2.24) is 4.98 Å². The topological polar surface area (TPSA) is 74.7 Å². The molecule has 0 radical (unpaired) electrons. The summed E-state index contributed by atoms with van der Waals surface area (Å²) < 4.78 is 41.2. The first-order chi connectivity index (χ1) is 12.4. The molecule has 0 bridgehead atoms. The lowest BCUT2D eigenvalue weighted by Crippen LogP contribution is -2.57. The lowest BCUT2D eigenvalue weighted by molar-refractivity contribution is -0.266. The maximum atomic E-state index is 11.7. The molecular weight excluding hydrogens is 354 g/mol. The lowest BCUT2D eigenvalue weighted by Gasteiger charge is -2.54. The zero-order valence-corrected chi connectivity index (χ0v) is 16.1. The molecule has 1 unspecified atom stereocenters. The molecule has 2 heterocycles. The molecule has 2 spiro atoms. The number of hydrogen-bond donors (Lipinski definition) is 0. The van der Waals surface area contributed by atoms with Crippen LogP contribution in [-0.2, 0) is 29.2 Å². The average molecular weight is 381 g/mol. The van der Waals surface area contributed by atoms with Crippen LogP contribution < -0.4 is 0 Å². The molecule has 0 aromatic carbocycles. The van der Waals surface area contributed by atoms with E-state index in [4.69, 9.17) is 13.7 Å². The first kappa shape index (κ1) is 18.3. The number of ether oxygens (including phenoxy) is 2. The summed E-state index contributed by atoms with van der Waals surface area (Å²) in [6.45, 7) is 1.40. The van der Waals surface area contributed by atoms with Gasteiger partial charge in [0.05, 0.1) is 26.1 Å². The predicted octanol–water partition coefficient (Wildman–Crippen LogP) is 2.78. The van der Waals surface area contributed by atoms with Gasteiger partial charge in [-0.1, -0.05) is 18.9 Å². The summed E-state index contributed by atoms with van der Waals surface area (Å²) in [5.41, 5.74) is 0.373. The smallest absolute Gasteiger partial charge is 0.264 e. The van der Waals surface area contributed by atoms with E-state index < -0.39 is 21.3 Å². The summed E-state index contributed by atoms with van der Waals surface area (Å²) in [6, 6.07) is 5.83. The molecule has 26 heavy (non-hydrogen) atoms. The van der Waals surface area contributed by atoms with Gasteiger partial charge in [-0.15, -0.1) is 0 Å². The second-order valence-electron chi connectivity index (χ2n) is 8.08. The van der Waals surface area contributed by atoms with Crippen molar-refractivity contribution in [3.05, 3.63) is 30.1 Å². The van der Waals surface area contributed by atoms with Gasteiger partial charge in [0.1, 0.15) is 0 Å². The number of fused-ring (bicyclic) bond motifs is 1. The Balaban J connectivity index is 1.73. The molecule has 1 aliphatic heterocycles. The Hall–Kier alpha value is -1.02. The third-order valence-corrected chi connectivity index (χ3v) is 7.04. The Kier molecular flexibility index (Phi) is 4.62. The first-order valence-corrected chi connectivity index (χ1v) is 11.2.